The minimum Gasteiger partial charge on any atom is -0.464 e. The van der Waals surface area contributed by atoms with E-state index in [1.807, 2.05) is 50.1 Å². The standard InChI is InChI=1S/C14H16N2O2S/c1-9-7-5-6-8-11(9)16(3)14-15-12(10(2)19-14)13(17)18-4/h5-8H,1-4H3. The van der Waals surface area contributed by atoms with Crippen LogP contribution in [0.4, 0.5) is 10.8 Å². The Morgan fingerprint density at radius 2 is 2.00 bits per heavy atom. The number of hydrogen-bond acceptors (Lipinski definition) is 5. The molecule has 0 N–H and O–H groups in total. The normalized spacial score (nSPS) is 10.3. The van der Waals surface area contributed by atoms with E-state index in [9.17, 15) is 4.79 Å². The van der Waals surface area contributed by atoms with Crippen molar-refractivity contribution in [1.82, 2.24) is 4.98 Å². The number of para-hydroxylation sites is 1. The zero-order valence-corrected chi connectivity index (χ0v) is 12.2. The van der Waals surface area contributed by atoms with Crippen LogP contribution in [0.1, 0.15) is 20.9 Å². The van der Waals surface area contributed by atoms with Gasteiger partial charge in [-0.2, -0.15) is 0 Å². The summed E-state index contributed by atoms with van der Waals surface area (Å²) in [5.41, 5.74) is 2.63. The largest absolute Gasteiger partial charge is 0.464 e. The Bertz CT molecular complexity index is 607. The van der Waals surface area contributed by atoms with Crippen LogP contribution >= 0.6 is 11.3 Å². The van der Waals surface area contributed by atoms with Crippen LogP contribution in [-0.4, -0.2) is 25.1 Å². The van der Waals surface area contributed by atoms with Crippen molar-refractivity contribution in [3.05, 3.63) is 40.4 Å². The summed E-state index contributed by atoms with van der Waals surface area (Å²) in [7, 11) is 3.31. The highest BCUT2D eigenvalue weighted by molar-refractivity contribution is 7.15. The molecule has 1 aromatic heterocycles. The molecule has 0 unspecified atom stereocenters. The molecule has 0 saturated heterocycles. The molecular weight excluding hydrogens is 260 g/mol. The van der Waals surface area contributed by atoms with Gasteiger partial charge < -0.3 is 9.64 Å². The van der Waals surface area contributed by atoms with Crippen LogP contribution in [0.25, 0.3) is 0 Å². The number of thiazole rings is 1. The maximum absolute atomic E-state index is 11.6. The third kappa shape index (κ3) is 2.61. The first-order valence-electron chi connectivity index (χ1n) is 5.89. The summed E-state index contributed by atoms with van der Waals surface area (Å²) in [5.74, 6) is -0.391. The van der Waals surface area contributed by atoms with Crippen molar-refractivity contribution in [2.75, 3.05) is 19.1 Å². The molecule has 0 aliphatic rings. The first-order valence-corrected chi connectivity index (χ1v) is 6.71. The van der Waals surface area contributed by atoms with Gasteiger partial charge in [-0.05, 0) is 25.5 Å². The molecule has 5 heteroatoms. The van der Waals surface area contributed by atoms with Crippen LogP contribution in [0.15, 0.2) is 24.3 Å². The quantitative estimate of drug-likeness (QED) is 0.807. The van der Waals surface area contributed by atoms with Crippen molar-refractivity contribution in [3.8, 4) is 0 Å². The Morgan fingerprint density at radius 1 is 1.32 bits per heavy atom. The van der Waals surface area contributed by atoms with Gasteiger partial charge in [0.15, 0.2) is 10.8 Å². The van der Waals surface area contributed by atoms with Crippen molar-refractivity contribution in [2.45, 2.75) is 13.8 Å². The smallest absolute Gasteiger partial charge is 0.357 e. The molecule has 0 spiro atoms. The summed E-state index contributed by atoms with van der Waals surface area (Å²) in [5, 5.41) is 0.784. The molecule has 0 saturated carbocycles. The first-order chi connectivity index (χ1) is 9.04. The van der Waals surface area contributed by atoms with Gasteiger partial charge in [0, 0.05) is 17.6 Å². The number of esters is 1. The van der Waals surface area contributed by atoms with Crippen LogP contribution in [-0.2, 0) is 4.74 Å². The molecule has 0 fully saturated rings. The minimum absolute atomic E-state index is 0.391. The maximum Gasteiger partial charge on any atom is 0.357 e. The minimum atomic E-state index is -0.391. The average molecular weight is 276 g/mol. The van der Waals surface area contributed by atoms with Gasteiger partial charge in [-0.3, -0.25) is 0 Å². The molecule has 1 heterocycles. The highest BCUT2D eigenvalue weighted by atomic mass is 32.1. The molecule has 4 nitrogen and oxygen atoms in total. The number of aromatic nitrogens is 1. The van der Waals surface area contributed by atoms with Gasteiger partial charge in [0.05, 0.1) is 7.11 Å². The number of anilines is 2. The highest BCUT2D eigenvalue weighted by Crippen LogP contribution is 2.31. The van der Waals surface area contributed by atoms with Gasteiger partial charge in [0.1, 0.15) is 0 Å². The van der Waals surface area contributed by atoms with Crippen LogP contribution in [0.3, 0.4) is 0 Å². The average Bonchev–Trinajstić information content (AvgIpc) is 2.80. The predicted molar refractivity (Wildman–Crippen MR) is 77.4 cm³/mol. The zero-order chi connectivity index (χ0) is 14.0. The number of methoxy groups -OCH3 is 1. The van der Waals surface area contributed by atoms with Crippen molar-refractivity contribution in [1.29, 1.82) is 0 Å². The SMILES string of the molecule is COC(=O)c1nc(N(C)c2ccccc2C)sc1C. The second-order valence-corrected chi connectivity index (χ2v) is 5.42. The van der Waals surface area contributed by atoms with Crippen molar-refractivity contribution >= 4 is 28.1 Å². The molecule has 100 valence electrons. The van der Waals surface area contributed by atoms with Gasteiger partial charge in [0.2, 0.25) is 0 Å². The number of nitrogens with zero attached hydrogens (tertiary/aromatic N) is 2. The summed E-state index contributed by atoms with van der Waals surface area (Å²) >= 11 is 1.48. The Labute approximate surface area is 116 Å². The van der Waals surface area contributed by atoms with E-state index in [2.05, 4.69) is 4.98 Å². The lowest BCUT2D eigenvalue weighted by atomic mass is 10.2. The molecule has 0 atom stereocenters. The zero-order valence-electron chi connectivity index (χ0n) is 11.4. The topological polar surface area (TPSA) is 42.4 Å². The number of benzene rings is 1. The molecule has 0 amide bonds. The molecule has 0 aliphatic carbocycles. The van der Waals surface area contributed by atoms with Crippen molar-refractivity contribution < 1.29 is 9.53 Å². The number of ether oxygens (including phenoxy) is 1. The summed E-state index contributed by atoms with van der Waals surface area (Å²) in [6.45, 7) is 3.92. The van der Waals surface area contributed by atoms with E-state index in [-0.39, 0.29) is 0 Å². The number of carbonyl (C=O) groups excluding carboxylic acids is 1. The fourth-order valence-corrected chi connectivity index (χ4v) is 2.73. The molecule has 1 aromatic carbocycles. The number of carbonyl (C=O) groups is 1. The fourth-order valence-electron chi connectivity index (χ4n) is 1.85. The Kier molecular flexibility index (Phi) is 3.85. The van der Waals surface area contributed by atoms with Gasteiger partial charge in [0.25, 0.3) is 0 Å². The Hall–Kier alpha value is -1.88. The summed E-state index contributed by atoms with van der Waals surface area (Å²) in [6.07, 6.45) is 0. The van der Waals surface area contributed by atoms with Crippen LogP contribution in [0, 0.1) is 13.8 Å². The van der Waals surface area contributed by atoms with Gasteiger partial charge in [-0.15, -0.1) is 11.3 Å². The molecule has 0 aliphatic heterocycles. The van der Waals surface area contributed by atoms with E-state index in [4.69, 9.17) is 4.74 Å². The summed E-state index contributed by atoms with van der Waals surface area (Å²) in [4.78, 5) is 18.8. The maximum atomic E-state index is 11.6. The highest BCUT2D eigenvalue weighted by Gasteiger charge is 2.18. The van der Waals surface area contributed by atoms with E-state index in [0.29, 0.717) is 5.69 Å². The van der Waals surface area contributed by atoms with Crippen LogP contribution in [0.2, 0.25) is 0 Å². The first kappa shape index (κ1) is 13.5. The molecule has 0 radical (unpaired) electrons. The summed E-state index contributed by atoms with van der Waals surface area (Å²) in [6, 6.07) is 8.07. The second kappa shape index (κ2) is 5.40. The lowest BCUT2D eigenvalue weighted by molar-refractivity contribution is 0.0594. The lowest BCUT2D eigenvalue weighted by Crippen LogP contribution is -2.11. The fraction of sp³-hybridized carbons (Fsp3) is 0.286. The van der Waals surface area contributed by atoms with E-state index < -0.39 is 5.97 Å². The van der Waals surface area contributed by atoms with Crippen molar-refractivity contribution in [2.24, 2.45) is 0 Å². The van der Waals surface area contributed by atoms with E-state index in [1.54, 1.807) is 0 Å². The van der Waals surface area contributed by atoms with Gasteiger partial charge in [-0.1, -0.05) is 18.2 Å². The molecular formula is C14H16N2O2S. The van der Waals surface area contributed by atoms with E-state index in [0.717, 1.165) is 21.3 Å². The second-order valence-electron chi connectivity index (χ2n) is 4.24. The molecule has 2 rings (SSSR count). The Morgan fingerprint density at radius 3 is 2.63 bits per heavy atom. The third-order valence-electron chi connectivity index (χ3n) is 2.93. The van der Waals surface area contributed by atoms with E-state index in [1.165, 1.54) is 18.4 Å². The van der Waals surface area contributed by atoms with Gasteiger partial charge >= 0.3 is 5.97 Å². The molecule has 2 aromatic rings. The molecule has 19 heavy (non-hydrogen) atoms. The molecule has 0 bridgehead atoms. The summed E-state index contributed by atoms with van der Waals surface area (Å²) < 4.78 is 4.73. The van der Waals surface area contributed by atoms with Crippen LogP contribution < -0.4 is 4.90 Å². The van der Waals surface area contributed by atoms with Crippen molar-refractivity contribution in [3.63, 3.8) is 0 Å². The third-order valence-corrected chi connectivity index (χ3v) is 3.98. The monoisotopic (exact) mass is 276 g/mol. The number of hydrogen-bond donors (Lipinski definition) is 0. The van der Waals surface area contributed by atoms with Crippen LogP contribution in [0.5, 0.6) is 0 Å². The predicted octanol–water partition coefficient (Wildman–Crippen LogP) is 3.31. The lowest BCUT2D eigenvalue weighted by Gasteiger charge is -2.17. The van der Waals surface area contributed by atoms with E-state index >= 15 is 0 Å². The number of rotatable bonds is 3. The number of aryl methyl sites for hydroxylation is 2. The van der Waals surface area contributed by atoms with Gasteiger partial charge in [-0.25, -0.2) is 9.78 Å². The Balaban J connectivity index is 2.38.